The third kappa shape index (κ3) is 4.22. The van der Waals surface area contributed by atoms with Crippen LogP contribution in [0.4, 0.5) is 11.4 Å². The molecule has 150 valence electrons. The molecule has 8 nitrogen and oxygen atoms in total. The Bertz CT molecular complexity index is 1010. The number of carbonyl (C=O) groups is 4. The monoisotopic (exact) mass is 416 g/mol. The molecule has 0 saturated heterocycles. The lowest BCUT2D eigenvalue weighted by Crippen LogP contribution is -2.38. The summed E-state index contributed by atoms with van der Waals surface area (Å²) in [7, 11) is 1.47. The van der Waals surface area contributed by atoms with Crippen LogP contribution in [-0.4, -0.2) is 43.3 Å². The number of nitrogens with one attached hydrogen (secondary N) is 1. The van der Waals surface area contributed by atoms with Crippen LogP contribution >= 0.6 is 11.6 Å². The fraction of sp³-hybridized carbons (Fsp3) is 0.200. The molecule has 3 rings (SSSR count). The molecule has 9 heteroatoms. The van der Waals surface area contributed by atoms with Gasteiger partial charge in [-0.1, -0.05) is 23.7 Å². The largest absolute Gasteiger partial charge is 0.495 e. The fourth-order valence-corrected chi connectivity index (χ4v) is 3.07. The maximum atomic E-state index is 12.3. The van der Waals surface area contributed by atoms with Crippen molar-refractivity contribution in [3.05, 3.63) is 53.1 Å². The van der Waals surface area contributed by atoms with Gasteiger partial charge < -0.3 is 14.8 Å². The van der Waals surface area contributed by atoms with Crippen molar-refractivity contribution in [2.75, 3.05) is 23.9 Å². The Hall–Kier alpha value is -3.39. The summed E-state index contributed by atoms with van der Waals surface area (Å²) in [6.45, 7) is 0.914. The van der Waals surface area contributed by atoms with Crippen molar-refractivity contribution in [3.63, 3.8) is 0 Å². The Morgan fingerprint density at radius 2 is 1.90 bits per heavy atom. The number of para-hydroxylation sites is 1. The lowest BCUT2D eigenvalue weighted by Gasteiger charge is -2.18. The van der Waals surface area contributed by atoms with Crippen LogP contribution in [0.2, 0.25) is 5.02 Å². The molecule has 2 aromatic rings. The molecule has 2 aromatic carbocycles. The van der Waals surface area contributed by atoms with E-state index in [1.807, 2.05) is 0 Å². The van der Waals surface area contributed by atoms with Crippen LogP contribution in [0.25, 0.3) is 0 Å². The van der Waals surface area contributed by atoms with Gasteiger partial charge in [0, 0.05) is 5.69 Å². The number of carbonyl (C=O) groups excluding carboxylic acids is 4. The van der Waals surface area contributed by atoms with E-state index in [1.54, 1.807) is 30.3 Å². The Morgan fingerprint density at radius 1 is 1.17 bits per heavy atom. The first-order chi connectivity index (χ1) is 13.8. The second kappa shape index (κ2) is 8.32. The van der Waals surface area contributed by atoms with Gasteiger partial charge in [0.05, 0.1) is 23.4 Å². The van der Waals surface area contributed by atoms with Gasteiger partial charge in [0.15, 0.2) is 6.10 Å². The van der Waals surface area contributed by atoms with Crippen molar-refractivity contribution < 1.29 is 28.7 Å². The average Bonchev–Trinajstić information content (AvgIpc) is 2.93. The number of methoxy groups -OCH3 is 1. The summed E-state index contributed by atoms with van der Waals surface area (Å²) >= 11 is 6.01. The molecule has 0 radical (unpaired) electrons. The zero-order valence-corrected chi connectivity index (χ0v) is 16.4. The van der Waals surface area contributed by atoms with Crippen LogP contribution in [0.15, 0.2) is 42.5 Å². The molecule has 0 aliphatic carbocycles. The minimum atomic E-state index is -1.13. The number of nitrogens with zero attached hydrogens (tertiary/aromatic N) is 1. The number of ketones is 1. The first kappa shape index (κ1) is 20.3. The van der Waals surface area contributed by atoms with E-state index < -0.39 is 36.2 Å². The SMILES string of the molecule is COc1ccc(NC(=O)[C@H](C)OC(=O)CN2C(=O)C(=O)c3ccccc32)cc1Cl. The van der Waals surface area contributed by atoms with Crippen molar-refractivity contribution in [1.29, 1.82) is 0 Å². The second-order valence-electron chi connectivity index (χ2n) is 6.21. The molecule has 0 aromatic heterocycles. The van der Waals surface area contributed by atoms with Crippen LogP contribution in [0.1, 0.15) is 17.3 Å². The number of halogens is 1. The number of benzene rings is 2. The van der Waals surface area contributed by atoms with E-state index in [-0.39, 0.29) is 5.56 Å². The van der Waals surface area contributed by atoms with Gasteiger partial charge in [0.2, 0.25) is 0 Å². The second-order valence-corrected chi connectivity index (χ2v) is 6.62. The van der Waals surface area contributed by atoms with Crippen molar-refractivity contribution in [2.45, 2.75) is 13.0 Å². The Balaban J connectivity index is 1.60. The normalized spacial score (nSPS) is 13.7. The van der Waals surface area contributed by atoms with Crippen molar-refractivity contribution >= 4 is 46.5 Å². The molecular weight excluding hydrogens is 400 g/mol. The third-order valence-electron chi connectivity index (χ3n) is 4.26. The van der Waals surface area contributed by atoms with Gasteiger partial charge in [-0.15, -0.1) is 0 Å². The number of ether oxygens (including phenoxy) is 2. The van der Waals surface area contributed by atoms with Crippen molar-refractivity contribution in [2.24, 2.45) is 0 Å². The molecule has 29 heavy (non-hydrogen) atoms. The molecule has 1 aliphatic rings. The summed E-state index contributed by atoms with van der Waals surface area (Å²) in [5.74, 6) is -2.44. The van der Waals surface area contributed by atoms with E-state index in [0.29, 0.717) is 22.1 Å². The van der Waals surface area contributed by atoms with E-state index in [1.165, 1.54) is 26.2 Å². The number of hydrogen-bond acceptors (Lipinski definition) is 6. The van der Waals surface area contributed by atoms with Gasteiger partial charge in [0.25, 0.3) is 17.6 Å². The van der Waals surface area contributed by atoms with Gasteiger partial charge in [-0.2, -0.15) is 0 Å². The van der Waals surface area contributed by atoms with E-state index in [9.17, 15) is 19.2 Å². The standard InChI is InChI=1S/C20H17ClN2O6/c1-11(19(26)22-12-7-8-16(28-2)14(21)9-12)29-17(24)10-23-15-6-4-3-5-13(15)18(25)20(23)27/h3-9,11H,10H2,1-2H3,(H,22,26)/t11-/m0/s1. The zero-order valence-electron chi connectivity index (χ0n) is 15.6. The molecule has 1 aliphatic heterocycles. The minimum Gasteiger partial charge on any atom is -0.495 e. The van der Waals surface area contributed by atoms with Crippen molar-refractivity contribution in [1.82, 2.24) is 0 Å². The predicted molar refractivity (Wildman–Crippen MR) is 105 cm³/mol. The molecule has 2 amide bonds. The molecule has 0 fully saturated rings. The predicted octanol–water partition coefficient (Wildman–Crippen LogP) is 2.45. The van der Waals surface area contributed by atoms with Gasteiger partial charge in [-0.25, -0.2) is 0 Å². The van der Waals surface area contributed by atoms with Gasteiger partial charge >= 0.3 is 5.97 Å². The highest BCUT2D eigenvalue weighted by atomic mass is 35.5. The van der Waals surface area contributed by atoms with E-state index in [4.69, 9.17) is 21.1 Å². The molecule has 1 heterocycles. The summed E-state index contributed by atoms with van der Waals surface area (Å²) < 4.78 is 10.1. The first-order valence-electron chi connectivity index (χ1n) is 8.61. The number of Topliss-reactive ketones (excluding diaryl/α,β-unsaturated/α-hetero) is 1. The van der Waals surface area contributed by atoms with Gasteiger partial charge in [-0.3, -0.25) is 24.1 Å². The maximum absolute atomic E-state index is 12.3. The summed E-state index contributed by atoms with van der Waals surface area (Å²) in [6, 6.07) is 11.0. The summed E-state index contributed by atoms with van der Waals surface area (Å²) in [4.78, 5) is 49.6. The first-order valence-corrected chi connectivity index (χ1v) is 8.98. The molecule has 0 unspecified atom stereocenters. The Labute approximate surface area is 171 Å². The highest BCUT2D eigenvalue weighted by molar-refractivity contribution is 6.52. The summed E-state index contributed by atoms with van der Waals surface area (Å²) in [6.07, 6.45) is -1.13. The number of fused-ring (bicyclic) bond motifs is 1. The van der Waals surface area contributed by atoms with Crippen LogP contribution in [0.5, 0.6) is 5.75 Å². The number of anilines is 2. The Kier molecular flexibility index (Phi) is 5.84. The molecule has 0 bridgehead atoms. The average molecular weight is 417 g/mol. The zero-order chi connectivity index (χ0) is 21.1. The van der Waals surface area contributed by atoms with Crippen LogP contribution in [-0.2, 0) is 19.1 Å². The summed E-state index contributed by atoms with van der Waals surface area (Å²) in [5, 5.41) is 2.88. The quantitative estimate of drug-likeness (QED) is 0.573. The van der Waals surface area contributed by atoms with E-state index >= 15 is 0 Å². The van der Waals surface area contributed by atoms with E-state index in [0.717, 1.165) is 4.90 Å². The highest BCUT2D eigenvalue weighted by Gasteiger charge is 2.37. The number of amides is 2. The van der Waals surface area contributed by atoms with Crippen LogP contribution < -0.4 is 15.0 Å². The summed E-state index contributed by atoms with van der Waals surface area (Å²) in [5.41, 5.74) is 0.967. The molecule has 0 saturated carbocycles. The highest BCUT2D eigenvalue weighted by Crippen LogP contribution is 2.29. The number of rotatable bonds is 6. The lowest BCUT2D eigenvalue weighted by molar-refractivity contribution is -0.152. The lowest BCUT2D eigenvalue weighted by atomic mass is 10.1. The number of hydrogen-bond donors (Lipinski definition) is 1. The van der Waals surface area contributed by atoms with Crippen molar-refractivity contribution in [3.8, 4) is 5.75 Å². The molecular formula is C20H17ClN2O6. The molecule has 0 spiro atoms. The third-order valence-corrected chi connectivity index (χ3v) is 4.56. The van der Waals surface area contributed by atoms with E-state index in [2.05, 4.69) is 5.32 Å². The van der Waals surface area contributed by atoms with Gasteiger partial charge in [-0.05, 0) is 37.3 Å². The fourth-order valence-electron chi connectivity index (χ4n) is 2.81. The smallest absolute Gasteiger partial charge is 0.326 e. The topological polar surface area (TPSA) is 102 Å². The maximum Gasteiger partial charge on any atom is 0.326 e. The molecule has 1 N–H and O–H groups in total. The van der Waals surface area contributed by atoms with Crippen LogP contribution in [0.3, 0.4) is 0 Å². The van der Waals surface area contributed by atoms with Crippen LogP contribution in [0, 0.1) is 0 Å². The minimum absolute atomic E-state index is 0.229. The Morgan fingerprint density at radius 3 is 2.59 bits per heavy atom. The van der Waals surface area contributed by atoms with Gasteiger partial charge in [0.1, 0.15) is 12.3 Å². The number of esters is 1. The molecule has 1 atom stereocenters.